The number of aromatic nitrogens is 1. The van der Waals surface area contributed by atoms with Crippen LogP contribution in [0.5, 0.6) is 0 Å². The van der Waals surface area contributed by atoms with E-state index in [1.807, 2.05) is 0 Å². The van der Waals surface area contributed by atoms with Crippen molar-refractivity contribution < 1.29 is 32.6 Å². The van der Waals surface area contributed by atoms with Crippen molar-refractivity contribution in [2.45, 2.75) is 18.0 Å². The molecular weight excluding hydrogens is 330 g/mol. The molecule has 0 unspecified atom stereocenters. The number of aryl methyl sites for hydroxylation is 1. The highest BCUT2D eigenvalue weighted by molar-refractivity contribution is 8.46. The van der Waals surface area contributed by atoms with Crippen molar-refractivity contribution in [3.05, 3.63) is 35.5 Å². The van der Waals surface area contributed by atoms with Crippen LogP contribution in [-0.4, -0.2) is 4.98 Å². The quantitative estimate of drug-likeness (QED) is 0.563. The third kappa shape index (κ3) is 3.04. The molecule has 2 aromatic rings. The highest BCUT2D eigenvalue weighted by Gasteiger charge is 2.66. The van der Waals surface area contributed by atoms with Crippen molar-refractivity contribution in [2.75, 3.05) is 0 Å². The Morgan fingerprint density at radius 3 is 2.05 bits per heavy atom. The minimum atomic E-state index is -10.1. The van der Waals surface area contributed by atoms with Gasteiger partial charge in [-0.15, -0.1) is 0 Å². The van der Waals surface area contributed by atoms with E-state index in [1.54, 1.807) is 0 Å². The Kier molecular flexibility index (Phi) is 2.71. The van der Waals surface area contributed by atoms with Crippen molar-refractivity contribution in [3.8, 4) is 0 Å². The lowest BCUT2D eigenvalue weighted by atomic mass is 10.1. The van der Waals surface area contributed by atoms with E-state index < -0.39 is 37.9 Å². The molecule has 1 aromatic carbocycles. The average Bonchev–Trinajstić information content (AvgIpc) is 2.23. The number of benzene rings is 1. The zero-order valence-corrected chi connectivity index (χ0v) is 11.0. The highest BCUT2D eigenvalue weighted by Crippen LogP contribution is 3.02. The summed E-state index contributed by atoms with van der Waals surface area (Å²) in [6.07, 6.45) is -5.04. The lowest BCUT2D eigenvalue weighted by molar-refractivity contribution is -0.141. The van der Waals surface area contributed by atoms with Gasteiger partial charge in [0.25, 0.3) is 0 Å². The summed E-state index contributed by atoms with van der Waals surface area (Å²) in [7, 11) is -10.1. The molecule has 0 spiro atoms. The zero-order valence-electron chi connectivity index (χ0n) is 10.2. The van der Waals surface area contributed by atoms with E-state index in [4.69, 9.17) is 0 Å². The minimum Gasteiger partial charge on any atom is -0.242 e. The molecule has 0 aliphatic rings. The Morgan fingerprint density at radius 2 is 1.57 bits per heavy atom. The van der Waals surface area contributed by atoms with E-state index in [-0.39, 0.29) is 11.6 Å². The van der Waals surface area contributed by atoms with Crippen molar-refractivity contribution in [2.24, 2.45) is 0 Å². The molecule has 10 heteroatoms. The molecule has 0 N–H and O–H groups in total. The Hall–Kier alpha value is -1.58. The van der Waals surface area contributed by atoms with Crippen molar-refractivity contribution in [1.82, 2.24) is 4.98 Å². The van der Waals surface area contributed by atoms with Gasteiger partial charge >= 0.3 is 16.4 Å². The summed E-state index contributed by atoms with van der Waals surface area (Å²) < 4.78 is 102. The van der Waals surface area contributed by atoms with Gasteiger partial charge in [0.1, 0.15) is 10.6 Å². The van der Waals surface area contributed by atoms with Gasteiger partial charge in [-0.05, 0) is 24.6 Å². The van der Waals surface area contributed by atoms with Crippen molar-refractivity contribution >= 4 is 21.1 Å². The van der Waals surface area contributed by atoms with Gasteiger partial charge in [0.05, 0.1) is 5.52 Å². The molecule has 1 heterocycles. The third-order valence-corrected chi connectivity index (χ3v) is 3.88. The van der Waals surface area contributed by atoms with Gasteiger partial charge in [-0.1, -0.05) is 31.6 Å². The Balaban J connectivity index is 2.98. The summed E-state index contributed by atoms with van der Waals surface area (Å²) in [6.45, 7) is 1.09. The summed E-state index contributed by atoms with van der Waals surface area (Å²) in [5.74, 6) is 0. The fourth-order valence-corrected chi connectivity index (χ4v) is 2.70. The van der Waals surface area contributed by atoms with Gasteiger partial charge in [-0.3, -0.25) is 0 Å². The second-order valence-electron chi connectivity index (χ2n) is 4.44. The Morgan fingerprint density at radius 1 is 1.00 bits per heavy atom. The van der Waals surface area contributed by atoms with E-state index in [2.05, 4.69) is 4.98 Å². The van der Waals surface area contributed by atoms with E-state index in [9.17, 15) is 32.6 Å². The van der Waals surface area contributed by atoms with Gasteiger partial charge in [0, 0.05) is 5.39 Å². The number of hydrogen-bond donors (Lipinski definition) is 0. The summed E-state index contributed by atoms with van der Waals surface area (Å²) in [5, 5.41) is -0.409. The van der Waals surface area contributed by atoms with Crippen molar-refractivity contribution in [3.63, 3.8) is 0 Å². The zero-order chi connectivity index (χ0) is 16.3. The monoisotopic (exact) mass is 337 g/mol. The molecule has 0 fully saturated rings. The fourth-order valence-electron chi connectivity index (χ4n) is 1.85. The average molecular weight is 337 g/mol. The normalized spacial score (nSPS) is 16.6. The van der Waals surface area contributed by atoms with Crippen LogP contribution < -0.4 is 0 Å². The summed E-state index contributed by atoms with van der Waals surface area (Å²) in [6, 6.07) is 2.26. The number of pyridine rings is 1. The molecule has 21 heavy (non-hydrogen) atoms. The Bertz CT molecular complexity index is 732. The first-order valence-electron chi connectivity index (χ1n) is 5.31. The standard InChI is InChI=1S/C11H7F8NS/c1-6-5-9(11(12,13)14)20-10-7(6)3-2-4-8(10)21(15,16,17,18)19/h2-5H,1H3. The van der Waals surface area contributed by atoms with Crippen molar-refractivity contribution in [1.29, 1.82) is 0 Å². The molecule has 0 radical (unpaired) electrons. The molecule has 1 aromatic heterocycles. The third-order valence-electron chi connectivity index (χ3n) is 2.72. The van der Waals surface area contributed by atoms with Gasteiger partial charge in [-0.25, -0.2) is 4.98 Å². The van der Waals surface area contributed by atoms with Gasteiger partial charge in [0.15, 0.2) is 0 Å². The van der Waals surface area contributed by atoms with Crippen LogP contribution in [0, 0.1) is 6.92 Å². The smallest absolute Gasteiger partial charge is 0.242 e. The first-order chi connectivity index (χ1) is 9.09. The van der Waals surface area contributed by atoms with Gasteiger partial charge < -0.3 is 0 Å². The molecule has 2 rings (SSSR count). The first kappa shape index (κ1) is 15.8. The molecule has 1 nitrogen and oxygen atoms in total. The maximum atomic E-state index is 12.9. The highest BCUT2D eigenvalue weighted by atomic mass is 32.5. The summed E-state index contributed by atoms with van der Waals surface area (Å²) >= 11 is 0. The van der Waals surface area contributed by atoms with Crippen LogP contribution in [0.25, 0.3) is 10.9 Å². The predicted octanol–water partition coefficient (Wildman–Crippen LogP) is 6.22. The fraction of sp³-hybridized carbons (Fsp3) is 0.182. The molecular formula is C11H7F8NS. The first-order valence-corrected chi connectivity index (χ1v) is 7.26. The SMILES string of the molecule is Cc1cc(C(F)(F)F)nc2c(S(F)(F)(F)(F)F)cccc12. The van der Waals surface area contributed by atoms with E-state index >= 15 is 0 Å². The minimum absolute atomic E-state index is 0.0382. The topological polar surface area (TPSA) is 12.9 Å². The van der Waals surface area contributed by atoms with Crippen LogP contribution in [0.2, 0.25) is 0 Å². The molecule has 0 saturated carbocycles. The lowest BCUT2D eigenvalue weighted by Gasteiger charge is -2.40. The largest absolute Gasteiger partial charge is 0.433 e. The molecule has 0 bridgehead atoms. The van der Waals surface area contributed by atoms with Gasteiger partial charge in [0.2, 0.25) is 0 Å². The number of hydrogen-bond acceptors (Lipinski definition) is 1. The van der Waals surface area contributed by atoms with Gasteiger partial charge in [-0.2, -0.15) is 13.2 Å². The molecule has 0 saturated heterocycles. The molecule has 0 aliphatic heterocycles. The number of nitrogens with zero attached hydrogens (tertiary/aromatic N) is 1. The molecule has 0 aliphatic carbocycles. The maximum absolute atomic E-state index is 12.9. The Labute approximate surface area is 113 Å². The van der Waals surface area contributed by atoms with Crippen LogP contribution in [0.4, 0.5) is 32.6 Å². The molecule has 0 atom stereocenters. The second-order valence-corrected chi connectivity index (χ2v) is 6.82. The van der Waals surface area contributed by atoms with Crippen LogP contribution in [-0.2, 0) is 6.18 Å². The number of fused-ring (bicyclic) bond motifs is 1. The van der Waals surface area contributed by atoms with E-state index in [0.29, 0.717) is 12.1 Å². The van der Waals surface area contributed by atoms with Crippen LogP contribution in [0.3, 0.4) is 0 Å². The predicted molar refractivity (Wildman–Crippen MR) is 62.9 cm³/mol. The number of para-hydroxylation sites is 1. The van der Waals surface area contributed by atoms with E-state index in [0.717, 1.165) is 13.0 Å². The van der Waals surface area contributed by atoms with Crippen LogP contribution in [0.1, 0.15) is 11.3 Å². The molecule has 0 amide bonds. The summed E-state index contributed by atoms with van der Waals surface area (Å²) in [4.78, 5) is 0.354. The lowest BCUT2D eigenvalue weighted by Crippen LogP contribution is -2.12. The number of halogens is 8. The van der Waals surface area contributed by atoms with Crippen LogP contribution >= 0.6 is 10.2 Å². The van der Waals surface area contributed by atoms with Crippen LogP contribution in [0.15, 0.2) is 29.2 Å². The molecule has 118 valence electrons. The number of alkyl halides is 3. The van der Waals surface area contributed by atoms with E-state index in [1.165, 1.54) is 0 Å². The maximum Gasteiger partial charge on any atom is 0.433 e. The number of rotatable bonds is 1. The summed E-state index contributed by atoms with van der Waals surface area (Å²) in [5.41, 5.74) is -3.28. The second kappa shape index (κ2) is 3.60.